The maximum Gasteiger partial charge on any atom is 0.126 e. The van der Waals surface area contributed by atoms with E-state index in [0.717, 1.165) is 30.8 Å². The van der Waals surface area contributed by atoms with Gasteiger partial charge < -0.3 is 15.4 Å². The highest BCUT2D eigenvalue weighted by Crippen LogP contribution is 2.30. The summed E-state index contributed by atoms with van der Waals surface area (Å²) < 4.78 is 18.9. The zero-order chi connectivity index (χ0) is 14.7. The van der Waals surface area contributed by atoms with E-state index in [4.69, 9.17) is 10.5 Å². The molecule has 0 fully saturated rings. The number of anilines is 1. The van der Waals surface area contributed by atoms with Gasteiger partial charge >= 0.3 is 0 Å². The SMILES string of the molecule is COCC1=CCN(c2cc(C)c(F)cc2C(C)N)CC1. The molecule has 0 saturated carbocycles. The van der Waals surface area contributed by atoms with E-state index in [1.165, 1.54) is 5.57 Å². The van der Waals surface area contributed by atoms with Crippen LogP contribution in [-0.2, 0) is 4.74 Å². The van der Waals surface area contributed by atoms with Crippen LogP contribution >= 0.6 is 0 Å². The van der Waals surface area contributed by atoms with Crippen LogP contribution in [-0.4, -0.2) is 26.8 Å². The molecule has 0 aliphatic carbocycles. The number of benzene rings is 1. The number of hydrogen-bond acceptors (Lipinski definition) is 3. The Morgan fingerprint density at radius 2 is 2.20 bits per heavy atom. The summed E-state index contributed by atoms with van der Waals surface area (Å²) >= 11 is 0. The lowest BCUT2D eigenvalue weighted by Crippen LogP contribution is -2.31. The number of ether oxygens (including phenoxy) is 1. The van der Waals surface area contributed by atoms with Gasteiger partial charge in [-0.1, -0.05) is 6.08 Å². The molecule has 0 amide bonds. The van der Waals surface area contributed by atoms with Gasteiger partial charge in [0, 0.05) is 31.9 Å². The summed E-state index contributed by atoms with van der Waals surface area (Å²) in [4.78, 5) is 2.25. The minimum absolute atomic E-state index is 0.176. The summed E-state index contributed by atoms with van der Waals surface area (Å²) in [6.07, 6.45) is 3.17. The first-order valence-corrected chi connectivity index (χ1v) is 7.00. The van der Waals surface area contributed by atoms with Crippen LogP contribution < -0.4 is 10.6 Å². The third-order valence-electron chi connectivity index (χ3n) is 3.77. The second-order valence-electron chi connectivity index (χ2n) is 5.44. The molecule has 1 atom stereocenters. The van der Waals surface area contributed by atoms with Crippen molar-refractivity contribution in [2.24, 2.45) is 5.73 Å². The van der Waals surface area contributed by atoms with Crippen LogP contribution in [0.15, 0.2) is 23.8 Å². The molecule has 20 heavy (non-hydrogen) atoms. The fraction of sp³-hybridized carbons (Fsp3) is 0.500. The summed E-state index contributed by atoms with van der Waals surface area (Å²) in [5.41, 5.74) is 9.89. The summed E-state index contributed by atoms with van der Waals surface area (Å²) in [6, 6.07) is 3.30. The molecule has 2 rings (SSSR count). The van der Waals surface area contributed by atoms with Crippen molar-refractivity contribution in [1.82, 2.24) is 0 Å². The first-order chi connectivity index (χ1) is 9.52. The molecule has 0 saturated heterocycles. The monoisotopic (exact) mass is 278 g/mol. The largest absolute Gasteiger partial charge is 0.380 e. The van der Waals surface area contributed by atoms with Gasteiger partial charge in [-0.05, 0) is 49.1 Å². The minimum atomic E-state index is -0.186. The molecule has 4 heteroatoms. The van der Waals surface area contributed by atoms with Gasteiger partial charge in [0.05, 0.1) is 6.61 Å². The van der Waals surface area contributed by atoms with Gasteiger partial charge in [0.15, 0.2) is 0 Å². The lowest BCUT2D eigenvalue weighted by Gasteiger charge is -2.31. The van der Waals surface area contributed by atoms with Crippen LogP contribution in [0.4, 0.5) is 10.1 Å². The highest BCUT2D eigenvalue weighted by atomic mass is 19.1. The van der Waals surface area contributed by atoms with Gasteiger partial charge in [0.2, 0.25) is 0 Å². The van der Waals surface area contributed by atoms with Gasteiger partial charge in [-0.3, -0.25) is 0 Å². The Labute approximate surface area is 120 Å². The first kappa shape index (κ1) is 15.0. The molecule has 1 heterocycles. The van der Waals surface area contributed by atoms with E-state index >= 15 is 0 Å². The molecule has 0 aromatic heterocycles. The smallest absolute Gasteiger partial charge is 0.126 e. The number of nitrogens with zero attached hydrogens (tertiary/aromatic N) is 1. The van der Waals surface area contributed by atoms with E-state index in [1.54, 1.807) is 20.1 Å². The van der Waals surface area contributed by atoms with Crippen LogP contribution in [0.25, 0.3) is 0 Å². The van der Waals surface area contributed by atoms with E-state index in [0.29, 0.717) is 12.2 Å². The fourth-order valence-corrected chi connectivity index (χ4v) is 2.57. The second kappa shape index (κ2) is 6.37. The molecule has 0 spiro atoms. The van der Waals surface area contributed by atoms with E-state index in [2.05, 4.69) is 11.0 Å². The molecule has 1 aromatic carbocycles. The third-order valence-corrected chi connectivity index (χ3v) is 3.77. The van der Waals surface area contributed by atoms with E-state index in [9.17, 15) is 4.39 Å². The fourth-order valence-electron chi connectivity index (χ4n) is 2.57. The van der Waals surface area contributed by atoms with Crippen molar-refractivity contribution in [2.75, 3.05) is 31.7 Å². The summed E-state index contributed by atoms with van der Waals surface area (Å²) in [7, 11) is 1.71. The Balaban J connectivity index is 2.27. The number of rotatable bonds is 4. The molecule has 3 nitrogen and oxygen atoms in total. The highest BCUT2D eigenvalue weighted by Gasteiger charge is 2.18. The molecular weight excluding hydrogens is 255 g/mol. The molecule has 2 N–H and O–H groups in total. The predicted molar refractivity (Wildman–Crippen MR) is 80.5 cm³/mol. The molecule has 1 unspecified atom stereocenters. The van der Waals surface area contributed by atoms with Crippen LogP contribution in [0.2, 0.25) is 0 Å². The van der Waals surface area contributed by atoms with Crippen molar-refractivity contribution in [3.8, 4) is 0 Å². The van der Waals surface area contributed by atoms with Crippen LogP contribution in [0.5, 0.6) is 0 Å². The van der Waals surface area contributed by atoms with Gasteiger partial charge in [-0.25, -0.2) is 4.39 Å². The first-order valence-electron chi connectivity index (χ1n) is 7.00. The second-order valence-corrected chi connectivity index (χ2v) is 5.44. The Morgan fingerprint density at radius 3 is 2.75 bits per heavy atom. The van der Waals surface area contributed by atoms with Gasteiger partial charge in [0.1, 0.15) is 5.82 Å². The van der Waals surface area contributed by atoms with E-state index in [-0.39, 0.29) is 11.9 Å². The molecule has 110 valence electrons. The van der Waals surface area contributed by atoms with Crippen molar-refractivity contribution in [2.45, 2.75) is 26.3 Å². The zero-order valence-corrected chi connectivity index (χ0v) is 12.4. The third kappa shape index (κ3) is 3.19. The quantitative estimate of drug-likeness (QED) is 0.861. The van der Waals surface area contributed by atoms with E-state index < -0.39 is 0 Å². The number of aryl methyl sites for hydroxylation is 1. The van der Waals surface area contributed by atoms with E-state index in [1.807, 2.05) is 13.0 Å². The molecule has 0 radical (unpaired) electrons. The number of methoxy groups -OCH3 is 1. The van der Waals surface area contributed by atoms with Crippen LogP contribution in [0.3, 0.4) is 0 Å². The normalized spacial score (nSPS) is 17.1. The maximum absolute atomic E-state index is 13.7. The molecule has 0 bridgehead atoms. The number of halogens is 1. The minimum Gasteiger partial charge on any atom is -0.380 e. The Bertz CT molecular complexity index is 511. The number of hydrogen-bond donors (Lipinski definition) is 1. The van der Waals surface area contributed by atoms with Crippen LogP contribution in [0, 0.1) is 12.7 Å². The van der Waals surface area contributed by atoms with Gasteiger partial charge in [-0.2, -0.15) is 0 Å². The molecule has 1 aromatic rings. The zero-order valence-electron chi connectivity index (χ0n) is 12.4. The van der Waals surface area contributed by atoms with Crippen molar-refractivity contribution < 1.29 is 9.13 Å². The summed E-state index contributed by atoms with van der Waals surface area (Å²) in [6.45, 7) is 6.11. The number of nitrogens with two attached hydrogens (primary N) is 1. The average molecular weight is 278 g/mol. The lowest BCUT2D eigenvalue weighted by atomic mass is 10.0. The van der Waals surface area contributed by atoms with Crippen molar-refractivity contribution >= 4 is 5.69 Å². The molecule has 1 aliphatic rings. The Hall–Kier alpha value is -1.39. The Kier molecular flexibility index (Phi) is 4.78. The molecular formula is C16H23FN2O. The van der Waals surface area contributed by atoms with Crippen LogP contribution in [0.1, 0.15) is 30.5 Å². The lowest BCUT2D eigenvalue weighted by molar-refractivity contribution is 0.222. The average Bonchev–Trinajstić information content (AvgIpc) is 2.42. The maximum atomic E-state index is 13.7. The van der Waals surface area contributed by atoms with Crippen molar-refractivity contribution in [3.63, 3.8) is 0 Å². The summed E-state index contributed by atoms with van der Waals surface area (Å²) in [5.74, 6) is -0.186. The standard InChI is InChI=1S/C16H23FN2O/c1-11-8-16(14(12(2)18)9-15(11)17)19-6-4-13(5-7-19)10-20-3/h4,8-9,12H,5-7,10,18H2,1-3H3. The Morgan fingerprint density at radius 1 is 1.45 bits per heavy atom. The molecule has 1 aliphatic heterocycles. The highest BCUT2D eigenvalue weighted by molar-refractivity contribution is 5.58. The van der Waals surface area contributed by atoms with Gasteiger partial charge in [-0.15, -0.1) is 0 Å². The van der Waals surface area contributed by atoms with Crippen molar-refractivity contribution in [3.05, 3.63) is 40.7 Å². The predicted octanol–water partition coefficient (Wildman–Crippen LogP) is 2.94. The summed E-state index contributed by atoms with van der Waals surface area (Å²) in [5, 5.41) is 0. The topological polar surface area (TPSA) is 38.5 Å². The van der Waals surface area contributed by atoms with Crippen molar-refractivity contribution in [1.29, 1.82) is 0 Å². The van der Waals surface area contributed by atoms with Gasteiger partial charge in [0.25, 0.3) is 0 Å².